The van der Waals surface area contributed by atoms with Gasteiger partial charge in [-0.15, -0.1) is 10.2 Å². The fourth-order valence-corrected chi connectivity index (χ4v) is 6.00. The number of fused-ring (bicyclic) bond motifs is 2. The molecule has 2 aliphatic rings. The van der Waals surface area contributed by atoms with Crippen molar-refractivity contribution in [2.24, 2.45) is 17.8 Å². The third-order valence-electron chi connectivity index (χ3n) is 6.92. The zero-order chi connectivity index (χ0) is 21.9. The van der Waals surface area contributed by atoms with Gasteiger partial charge in [0.2, 0.25) is 11.1 Å². The predicted octanol–water partition coefficient (Wildman–Crippen LogP) is 5.24. The van der Waals surface area contributed by atoms with Crippen LogP contribution in [0.4, 0.5) is 0 Å². The summed E-state index contributed by atoms with van der Waals surface area (Å²) in [6.07, 6.45) is 5.34. The molecule has 2 fully saturated rings. The number of thioether (sulfide) groups is 1. The highest BCUT2D eigenvalue weighted by Crippen LogP contribution is 2.49. The summed E-state index contributed by atoms with van der Waals surface area (Å²) in [6, 6.07) is 20.2. The van der Waals surface area contributed by atoms with Gasteiger partial charge in [-0.3, -0.25) is 4.79 Å². The quantitative estimate of drug-likeness (QED) is 0.505. The Bertz CT molecular complexity index is 1080. The van der Waals surface area contributed by atoms with E-state index in [0.29, 0.717) is 16.8 Å². The van der Waals surface area contributed by atoms with E-state index in [1.807, 2.05) is 60.7 Å². The summed E-state index contributed by atoms with van der Waals surface area (Å²) in [7, 11) is 0. The molecule has 6 heteroatoms. The molecule has 5 nitrogen and oxygen atoms in total. The van der Waals surface area contributed by atoms with Crippen LogP contribution in [0.25, 0.3) is 22.5 Å². The smallest absolute Gasteiger partial charge is 0.230 e. The van der Waals surface area contributed by atoms with Crippen molar-refractivity contribution >= 4 is 17.7 Å². The van der Waals surface area contributed by atoms with Gasteiger partial charge >= 0.3 is 0 Å². The van der Waals surface area contributed by atoms with Gasteiger partial charge in [-0.25, -0.2) is 4.98 Å². The lowest BCUT2D eigenvalue weighted by molar-refractivity contribution is -0.119. The van der Waals surface area contributed by atoms with Gasteiger partial charge in [-0.2, -0.15) is 0 Å². The molecular formula is C26H28N4OS. The highest BCUT2D eigenvalue weighted by molar-refractivity contribution is 7.99. The Morgan fingerprint density at radius 3 is 2.28 bits per heavy atom. The molecule has 0 unspecified atom stereocenters. The second-order valence-corrected chi connectivity index (χ2v) is 9.95. The normalized spacial score (nSPS) is 22.6. The second-order valence-electron chi connectivity index (χ2n) is 9.01. The van der Waals surface area contributed by atoms with E-state index in [9.17, 15) is 4.79 Å². The molecule has 4 atom stereocenters. The number of rotatable bonds is 7. The summed E-state index contributed by atoms with van der Waals surface area (Å²) in [5.74, 6) is 2.66. The van der Waals surface area contributed by atoms with Crippen molar-refractivity contribution < 1.29 is 4.79 Å². The Balaban J connectivity index is 1.28. The van der Waals surface area contributed by atoms with Gasteiger partial charge in [-0.05, 0) is 43.9 Å². The maximum atomic E-state index is 12.6. The summed E-state index contributed by atoms with van der Waals surface area (Å²) >= 11 is 1.34. The minimum Gasteiger partial charge on any atom is -0.353 e. The van der Waals surface area contributed by atoms with Crippen LogP contribution in [0, 0.1) is 17.8 Å². The van der Waals surface area contributed by atoms with Gasteiger partial charge in [0, 0.05) is 17.2 Å². The Kier molecular flexibility index (Phi) is 6.21. The van der Waals surface area contributed by atoms with E-state index in [1.165, 1.54) is 37.4 Å². The first-order valence-corrected chi connectivity index (χ1v) is 12.4. The molecule has 0 aliphatic heterocycles. The van der Waals surface area contributed by atoms with Crippen molar-refractivity contribution in [2.75, 3.05) is 5.75 Å². The monoisotopic (exact) mass is 444 g/mol. The number of carbonyl (C=O) groups excluding carboxylic acids is 1. The molecule has 1 heterocycles. The molecule has 2 aliphatic carbocycles. The number of amides is 1. The fraction of sp³-hybridized carbons (Fsp3) is 0.385. The lowest BCUT2D eigenvalue weighted by atomic mass is 9.84. The fourth-order valence-electron chi connectivity index (χ4n) is 5.40. The lowest BCUT2D eigenvalue weighted by Crippen LogP contribution is -2.40. The van der Waals surface area contributed by atoms with E-state index in [1.54, 1.807) is 0 Å². The zero-order valence-electron chi connectivity index (χ0n) is 18.3. The molecule has 2 bridgehead atoms. The van der Waals surface area contributed by atoms with Crippen LogP contribution in [0.5, 0.6) is 0 Å². The van der Waals surface area contributed by atoms with Crippen LogP contribution >= 0.6 is 11.8 Å². The Morgan fingerprint density at radius 1 is 0.969 bits per heavy atom. The lowest BCUT2D eigenvalue weighted by Gasteiger charge is -2.28. The van der Waals surface area contributed by atoms with Gasteiger partial charge in [0.15, 0.2) is 0 Å². The predicted molar refractivity (Wildman–Crippen MR) is 128 cm³/mol. The first-order valence-electron chi connectivity index (χ1n) is 11.4. The summed E-state index contributed by atoms with van der Waals surface area (Å²) in [5.41, 5.74) is 3.48. The number of aromatic nitrogens is 3. The maximum absolute atomic E-state index is 12.6. The van der Waals surface area contributed by atoms with Crippen molar-refractivity contribution in [3.63, 3.8) is 0 Å². The van der Waals surface area contributed by atoms with Crippen molar-refractivity contribution in [1.82, 2.24) is 20.5 Å². The first kappa shape index (κ1) is 21.1. The zero-order valence-corrected chi connectivity index (χ0v) is 19.1. The molecule has 2 aromatic carbocycles. The number of nitrogens with zero attached hydrogens (tertiary/aromatic N) is 3. The van der Waals surface area contributed by atoms with Crippen molar-refractivity contribution in [3.8, 4) is 22.5 Å². The summed E-state index contributed by atoms with van der Waals surface area (Å²) in [5, 5.41) is 12.6. The minimum atomic E-state index is 0.0438. The second kappa shape index (κ2) is 9.41. The van der Waals surface area contributed by atoms with Crippen LogP contribution in [0.15, 0.2) is 65.8 Å². The number of benzene rings is 2. The number of carbonyl (C=O) groups is 1. The topological polar surface area (TPSA) is 67.8 Å². The Labute approximate surface area is 193 Å². The van der Waals surface area contributed by atoms with Gasteiger partial charge in [0.1, 0.15) is 11.4 Å². The first-order chi connectivity index (χ1) is 15.7. The largest absolute Gasteiger partial charge is 0.353 e. The van der Waals surface area contributed by atoms with E-state index in [-0.39, 0.29) is 11.9 Å². The molecule has 0 spiro atoms. The van der Waals surface area contributed by atoms with Crippen LogP contribution < -0.4 is 5.32 Å². The molecular weight excluding hydrogens is 416 g/mol. The summed E-state index contributed by atoms with van der Waals surface area (Å²) in [4.78, 5) is 17.4. The number of hydrogen-bond donors (Lipinski definition) is 1. The van der Waals surface area contributed by atoms with Crippen molar-refractivity contribution in [2.45, 2.75) is 43.8 Å². The SMILES string of the molecule is C[C@@H](NC(=O)CSc1nnc(-c2ccccc2)c(-c2ccccc2)n1)[C@@H]1C[C@@H]2CC[C@@H]1C2. The van der Waals surface area contributed by atoms with E-state index in [4.69, 9.17) is 4.98 Å². The van der Waals surface area contributed by atoms with Gasteiger partial charge in [0.25, 0.3) is 0 Å². The number of hydrogen-bond acceptors (Lipinski definition) is 5. The van der Waals surface area contributed by atoms with E-state index in [2.05, 4.69) is 22.4 Å². The van der Waals surface area contributed by atoms with Crippen LogP contribution in [0.3, 0.4) is 0 Å². The van der Waals surface area contributed by atoms with E-state index in [0.717, 1.165) is 34.4 Å². The Morgan fingerprint density at radius 2 is 1.66 bits per heavy atom. The van der Waals surface area contributed by atoms with Gasteiger partial charge in [-0.1, -0.05) is 78.8 Å². The van der Waals surface area contributed by atoms with Gasteiger partial charge < -0.3 is 5.32 Å². The molecule has 1 N–H and O–H groups in total. The van der Waals surface area contributed by atoms with E-state index >= 15 is 0 Å². The van der Waals surface area contributed by atoms with Crippen molar-refractivity contribution in [1.29, 1.82) is 0 Å². The van der Waals surface area contributed by atoms with Crippen LogP contribution in [-0.4, -0.2) is 32.9 Å². The van der Waals surface area contributed by atoms with Crippen LogP contribution in [0.1, 0.15) is 32.6 Å². The molecule has 3 aromatic rings. The average Bonchev–Trinajstić information content (AvgIpc) is 3.48. The number of nitrogens with one attached hydrogen (secondary N) is 1. The average molecular weight is 445 g/mol. The molecule has 32 heavy (non-hydrogen) atoms. The molecule has 0 radical (unpaired) electrons. The maximum Gasteiger partial charge on any atom is 0.230 e. The van der Waals surface area contributed by atoms with Crippen LogP contribution in [-0.2, 0) is 4.79 Å². The Hall–Kier alpha value is -2.73. The highest BCUT2D eigenvalue weighted by Gasteiger charge is 2.42. The molecule has 1 amide bonds. The van der Waals surface area contributed by atoms with Crippen molar-refractivity contribution in [3.05, 3.63) is 60.7 Å². The summed E-state index contributed by atoms with van der Waals surface area (Å²) in [6.45, 7) is 2.16. The molecule has 164 valence electrons. The van der Waals surface area contributed by atoms with E-state index < -0.39 is 0 Å². The third-order valence-corrected chi connectivity index (χ3v) is 7.76. The molecule has 5 rings (SSSR count). The molecule has 0 saturated heterocycles. The standard InChI is InChI=1S/C26H28N4OS/c1-17(22-15-18-12-13-21(22)14-18)27-23(31)16-32-26-28-24(19-8-4-2-5-9-19)25(29-30-26)20-10-6-3-7-11-20/h2-11,17-18,21-22H,12-16H2,1H3,(H,27,31)/t17-,18-,21-,22+/m1/s1. The van der Waals surface area contributed by atoms with Crippen LogP contribution in [0.2, 0.25) is 0 Å². The molecule has 2 saturated carbocycles. The molecule has 1 aromatic heterocycles. The third kappa shape index (κ3) is 4.56. The van der Waals surface area contributed by atoms with Gasteiger partial charge in [0.05, 0.1) is 5.75 Å². The highest BCUT2D eigenvalue weighted by atomic mass is 32.2. The summed E-state index contributed by atoms with van der Waals surface area (Å²) < 4.78 is 0. The minimum absolute atomic E-state index is 0.0438.